The number of hydrogen-bond donors (Lipinski definition) is 4. The van der Waals surface area contributed by atoms with Crippen LogP contribution in [-0.2, 0) is 14.4 Å². The van der Waals surface area contributed by atoms with Gasteiger partial charge in [-0.15, -0.1) is 0 Å². The minimum Gasteiger partial charge on any atom is -0.497 e. The zero-order valence-electron chi connectivity index (χ0n) is 23.2. The molecule has 1 amide bonds. The topological polar surface area (TPSA) is 128 Å². The number of benzene rings is 1. The molecule has 0 unspecified atom stereocenters. The molecule has 212 valence electrons. The summed E-state index contributed by atoms with van der Waals surface area (Å²) >= 11 is 0. The first-order valence-electron chi connectivity index (χ1n) is 14.0. The third kappa shape index (κ3) is 6.64. The van der Waals surface area contributed by atoms with Crippen molar-refractivity contribution in [3.63, 3.8) is 0 Å². The SMILES string of the molecule is COc1cccc(C2CCN(CCCNC(=O)[C@@H]3CC[C@H](C4C(C(=O)O)=C(C)NC(C)=C4C(=O)O)C3)CC2)c1. The molecule has 3 aliphatic rings. The summed E-state index contributed by atoms with van der Waals surface area (Å²) in [6.07, 6.45) is 4.84. The number of carboxylic acids is 2. The van der Waals surface area contributed by atoms with E-state index in [0.29, 0.717) is 43.1 Å². The lowest BCUT2D eigenvalue weighted by atomic mass is 9.75. The van der Waals surface area contributed by atoms with E-state index in [1.807, 2.05) is 12.1 Å². The highest BCUT2D eigenvalue weighted by atomic mass is 16.5. The van der Waals surface area contributed by atoms with Gasteiger partial charge in [-0.2, -0.15) is 0 Å². The van der Waals surface area contributed by atoms with Crippen LogP contribution in [0.1, 0.15) is 63.9 Å². The maximum absolute atomic E-state index is 12.9. The Balaban J connectivity index is 1.23. The molecule has 0 spiro atoms. The number of rotatable bonds is 10. The van der Waals surface area contributed by atoms with E-state index in [9.17, 15) is 24.6 Å². The smallest absolute Gasteiger partial charge is 0.333 e. The number of carboxylic acid groups (broad SMARTS) is 2. The van der Waals surface area contributed by atoms with E-state index in [1.54, 1.807) is 21.0 Å². The third-order valence-electron chi connectivity index (χ3n) is 8.68. The minimum atomic E-state index is -1.11. The zero-order chi connectivity index (χ0) is 28.1. The van der Waals surface area contributed by atoms with Crippen LogP contribution in [0.25, 0.3) is 0 Å². The molecular weight excluding hydrogens is 498 g/mol. The minimum absolute atomic E-state index is 0.0154. The average molecular weight is 540 g/mol. The molecule has 1 saturated heterocycles. The predicted molar refractivity (Wildman–Crippen MR) is 147 cm³/mol. The van der Waals surface area contributed by atoms with E-state index >= 15 is 0 Å². The number of hydrogen-bond acceptors (Lipinski definition) is 6. The van der Waals surface area contributed by atoms with Crippen molar-refractivity contribution in [1.82, 2.24) is 15.5 Å². The van der Waals surface area contributed by atoms with Gasteiger partial charge >= 0.3 is 11.9 Å². The molecule has 9 heteroatoms. The van der Waals surface area contributed by atoms with Crippen molar-refractivity contribution in [2.24, 2.45) is 17.8 Å². The van der Waals surface area contributed by atoms with Crippen molar-refractivity contribution in [2.45, 2.75) is 58.3 Å². The number of ether oxygens (including phenoxy) is 1. The molecule has 1 saturated carbocycles. The monoisotopic (exact) mass is 539 g/mol. The number of carbonyl (C=O) groups excluding carboxylic acids is 1. The fourth-order valence-electron chi connectivity index (χ4n) is 6.69. The molecular formula is C30H41N3O6. The molecule has 1 aromatic carbocycles. The molecule has 4 rings (SSSR count). The van der Waals surface area contributed by atoms with Gasteiger partial charge in [0.2, 0.25) is 5.91 Å². The van der Waals surface area contributed by atoms with E-state index < -0.39 is 17.9 Å². The van der Waals surface area contributed by atoms with Crippen LogP contribution in [0.15, 0.2) is 46.8 Å². The van der Waals surface area contributed by atoms with Gasteiger partial charge in [0, 0.05) is 29.8 Å². The second kappa shape index (κ2) is 12.7. The van der Waals surface area contributed by atoms with Crippen LogP contribution < -0.4 is 15.4 Å². The lowest BCUT2D eigenvalue weighted by molar-refractivity contribution is -0.134. The summed E-state index contributed by atoms with van der Waals surface area (Å²) in [6.45, 7) is 6.94. The van der Waals surface area contributed by atoms with Crippen LogP contribution >= 0.6 is 0 Å². The Morgan fingerprint density at radius 1 is 1.03 bits per heavy atom. The lowest BCUT2D eigenvalue weighted by Gasteiger charge is -2.32. The van der Waals surface area contributed by atoms with E-state index in [1.165, 1.54) is 5.56 Å². The quantitative estimate of drug-likeness (QED) is 0.331. The Kier molecular flexibility index (Phi) is 9.32. The average Bonchev–Trinajstić information content (AvgIpc) is 3.41. The molecule has 0 radical (unpaired) electrons. The van der Waals surface area contributed by atoms with Gasteiger partial charge in [0.1, 0.15) is 5.75 Å². The number of allylic oxidation sites excluding steroid dienone is 2. The van der Waals surface area contributed by atoms with Crippen LogP contribution in [0.2, 0.25) is 0 Å². The van der Waals surface area contributed by atoms with Crippen LogP contribution in [0.5, 0.6) is 5.75 Å². The fraction of sp³-hybridized carbons (Fsp3) is 0.567. The van der Waals surface area contributed by atoms with Gasteiger partial charge in [0.25, 0.3) is 0 Å². The Morgan fingerprint density at radius 2 is 1.69 bits per heavy atom. The first-order chi connectivity index (χ1) is 18.7. The third-order valence-corrected chi connectivity index (χ3v) is 8.68. The number of nitrogens with one attached hydrogen (secondary N) is 2. The highest BCUT2D eigenvalue weighted by molar-refractivity contribution is 5.96. The summed E-state index contributed by atoms with van der Waals surface area (Å²) in [6, 6.07) is 8.34. The van der Waals surface area contributed by atoms with Crippen molar-refractivity contribution < 1.29 is 29.3 Å². The summed E-state index contributed by atoms with van der Waals surface area (Å²) in [7, 11) is 1.70. The van der Waals surface area contributed by atoms with Crippen molar-refractivity contribution in [2.75, 3.05) is 33.3 Å². The summed E-state index contributed by atoms with van der Waals surface area (Å²) < 4.78 is 5.36. The van der Waals surface area contributed by atoms with Gasteiger partial charge in [-0.3, -0.25) is 4.79 Å². The van der Waals surface area contributed by atoms with Crippen molar-refractivity contribution in [1.29, 1.82) is 0 Å². The molecule has 2 atom stereocenters. The van der Waals surface area contributed by atoms with Gasteiger partial charge in [-0.05, 0) is 102 Å². The molecule has 0 aromatic heterocycles. The van der Waals surface area contributed by atoms with Crippen LogP contribution in [0.3, 0.4) is 0 Å². The Bertz CT molecular complexity index is 1120. The van der Waals surface area contributed by atoms with Crippen molar-refractivity contribution in [3.8, 4) is 5.75 Å². The fourth-order valence-corrected chi connectivity index (χ4v) is 6.69. The molecule has 2 aliphatic heterocycles. The van der Waals surface area contributed by atoms with Gasteiger partial charge in [-0.25, -0.2) is 9.59 Å². The normalized spacial score (nSPS) is 23.1. The largest absolute Gasteiger partial charge is 0.497 e. The second-order valence-electron chi connectivity index (χ2n) is 11.1. The molecule has 39 heavy (non-hydrogen) atoms. The molecule has 2 heterocycles. The molecule has 0 bridgehead atoms. The van der Waals surface area contributed by atoms with E-state index in [2.05, 4.69) is 27.7 Å². The maximum Gasteiger partial charge on any atom is 0.333 e. The highest BCUT2D eigenvalue weighted by Crippen LogP contribution is 2.45. The van der Waals surface area contributed by atoms with Gasteiger partial charge in [0.15, 0.2) is 0 Å². The summed E-state index contributed by atoms with van der Waals surface area (Å²) in [5, 5.41) is 25.7. The standard InChI is InChI=1S/C30H41N3O6/c1-18-25(29(35)36)27(26(30(37)38)19(2)32-18)22-8-9-23(16-22)28(34)31-12-5-13-33-14-10-20(11-15-33)21-6-4-7-24(17-21)39-3/h4,6-7,17,20,22-23,27,32H,5,8-16H2,1-3H3,(H,31,34)(H,35,36)(H,37,38)/t22-,23+/m0/s1. The van der Waals surface area contributed by atoms with Crippen LogP contribution in [0.4, 0.5) is 0 Å². The number of piperidine rings is 1. The van der Waals surface area contributed by atoms with Gasteiger partial charge < -0.3 is 30.5 Å². The molecule has 4 N–H and O–H groups in total. The number of nitrogens with zero attached hydrogens (tertiary/aromatic N) is 1. The second-order valence-corrected chi connectivity index (χ2v) is 11.1. The van der Waals surface area contributed by atoms with E-state index in [-0.39, 0.29) is 28.9 Å². The predicted octanol–water partition coefficient (Wildman–Crippen LogP) is 3.73. The van der Waals surface area contributed by atoms with Crippen molar-refractivity contribution >= 4 is 17.8 Å². The highest BCUT2D eigenvalue weighted by Gasteiger charge is 2.44. The lowest BCUT2D eigenvalue weighted by Crippen LogP contribution is -2.37. The number of carbonyl (C=O) groups is 3. The Hall–Kier alpha value is -3.33. The first kappa shape index (κ1) is 28.7. The summed E-state index contributed by atoms with van der Waals surface area (Å²) in [4.78, 5) is 39.5. The number of dihydropyridines is 1. The maximum atomic E-state index is 12.9. The Morgan fingerprint density at radius 3 is 2.31 bits per heavy atom. The van der Waals surface area contributed by atoms with E-state index in [4.69, 9.17) is 4.74 Å². The Labute approximate surface area is 230 Å². The van der Waals surface area contributed by atoms with E-state index in [0.717, 1.165) is 44.6 Å². The van der Waals surface area contributed by atoms with Crippen LogP contribution in [-0.4, -0.2) is 66.2 Å². The van der Waals surface area contributed by atoms with Crippen molar-refractivity contribution in [3.05, 3.63) is 52.4 Å². The molecule has 2 fully saturated rings. The van der Waals surface area contributed by atoms with Crippen LogP contribution in [0, 0.1) is 17.8 Å². The molecule has 9 nitrogen and oxygen atoms in total. The summed E-state index contributed by atoms with van der Waals surface area (Å²) in [5.41, 5.74) is 2.46. The zero-order valence-corrected chi connectivity index (χ0v) is 23.2. The summed E-state index contributed by atoms with van der Waals surface area (Å²) in [5.74, 6) is -1.94. The number of aliphatic carboxylic acids is 2. The van der Waals surface area contributed by atoms with Gasteiger partial charge in [-0.1, -0.05) is 12.1 Å². The molecule has 1 aliphatic carbocycles. The number of likely N-dealkylation sites (tertiary alicyclic amines) is 1. The van der Waals surface area contributed by atoms with Gasteiger partial charge in [0.05, 0.1) is 18.3 Å². The first-order valence-corrected chi connectivity index (χ1v) is 14.0. The number of amides is 1. The molecule has 1 aromatic rings. The number of methoxy groups -OCH3 is 1.